The van der Waals surface area contributed by atoms with Crippen molar-refractivity contribution in [1.82, 2.24) is 9.97 Å². The van der Waals surface area contributed by atoms with Crippen molar-refractivity contribution < 1.29 is 28.9 Å². The summed E-state index contributed by atoms with van der Waals surface area (Å²) in [5.41, 5.74) is 2.29. The van der Waals surface area contributed by atoms with E-state index in [9.17, 15) is 14.7 Å². The standard InChI is InChI=1S/C24H24N2O6/c1-3-31-24(29)20(28)13-17-12-16(14-27)8-9-21(17)32-15-18-10-11-25-23(26-18)19-6-4-5-7-22(19)30-2/h4-12,14,20,28H,3,13,15H2,1-2H3. The van der Waals surface area contributed by atoms with Crippen LogP contribution < -0.4 is 9.47 Å². The molecule has 8 nitrogen and oxygen atoms in total. The molecule has 0 saturated carbocycles. The lowest BCUT2D eigenvalue weighted by atomic mass is 10.0. The van der Waals surface area contributed by atoms with Crippen molar-refractivity contribution in [2.24, 2.45) is 0 Å². The van der Waals surface area contributed by atoms with Crippen molar-refractivity contribution in [3.05, 3.63) is 71.5 Å². The number of carbonyl (C=O) groups excluding carboxylic acids is 2. The van der Waals surface area contributed by atoms with Crippen LogP contribution in [0.25, 0.3) is 11.4 Å². The molecule has 0 aliphatic carbocycles. The molecule has 8 heteroatoms. The van der Waals surface area contributed by atoms with Crippen LogP contribution in [-0.2, 0) is 22.6 Å². The molecule has 0 spiro atoms. The van der Waals surface area contributed by atoms with Gasteiger partial charge in [-0.05, 0) is 48.9 Å². The number of ether oxygens (including phenoxy) is 3. The normalized spacial score (nSPS) is 11.5. The topological polar surface area (TPSA) is 108 Å². The number of esters is 1. The van der Waals surface area contributed by atoms with Crippen LogP contribution in [0.5, 0.6) is 11.5 Å². The molecule has 0 aliphatic rings. The third-order valence-electron chi connectivity index (χ3n) is 4.63. The Hall–Kier alpha value is -3.78. The maximum atomic E-state index is 11.8. The van der Waals surface area contributed by atoms with Crippen molar-refractivity contribution in [3.8, 4) is 22.9 Å². The molecule has 2 aromatic carbocycles. The monoisotopic (exact) mass is 436 g/mol. The number of aliphatic hydroxyl groups excluding tert-OH is 1. The Morgan fingerprint density at radius 2 is 1.97 bits per heavy atom. The summed E-state index contributed by atoms with van der Waals surface area (Å²) in [5, 5.41) is 10.1. The molecule has 0 amide bonds. The van der Waals surface area contributed by atoms with Gasteiger partial charge in [0.2, 0.25) is 0 Å². The number of nitrogens with zero attached hydrogens (tertiary/aromatic N) is 2. The van der Waals surface area contributed by atoms with E-state index in [2.05, 4.69) is 9.97 Å². The first-order chi connectivity index (χ1) is 15.5. The number of aliphatic hydroxyl groups is 1. The smallest absolute Gasteiger partial charge is 0.335 e. The summed E-state index contributed by atoms with van der Waals surface area (Å²) in [5.74, 6) is 0.853. The van der Waals surface area contributed by atoms with Gasteiger partial charge in [0.1, 0.15) is 24.4 Å². The van der Waals surface area contributed by atoms with Gasteiger partial charge in [-0.15, -0.1) is 0 Å². The molecule has 1 heterocycles. The largest absolute Gasteiger partial charge is 0.496 e. The molecule has 1 unspecified atom stereocenters. The van der Waals surface area contributed by atoms with Gasteiger partial charge in [0.05, 0.1) is 25.0 Å². The molecule has 1 N–H and O–H groups in total. The molecule has 1 aromatic heterocycles. The second-order valence-corrected chi connectivity index (χ2v) is 6.82. The number of hydrogen-bond donors (Lipinski definition) is 1. The van der Waals surface area contributed by atoms with E-state index in [0.29, 0.717) is 40.4 Å². The van der Waals surface area contributed by atoms with E-state index in [0.717, 1.165) is 5.56 Å². The lowest BCUT2D eigenvalue weighted by Crippen LogP contribution is -2.25. The van der Waals surface area contributed by atoms with Crippen LogP contribution in [0.15, 0.2) is 54.7 Å². The highest BCUT2D eigenvalue weighted by Crippen LogP contribution is 2.27. The van der Waals surface area contributed by atoms with Gasteiger partial charge in [0.25, 0.3) is 0 Å². The highest BCUT2D eigenvalue weighted by atomic mass is 16.5. The van der Waals surface area contributed by atoms with Crippen LogP contribution in [0.4, 0.5) is 0 Å². The van der Waals surface area contributed by atoms with E-state index in [1.807, 2.05) is 24.3 Å². The fourth-order valence-corrected chi connectivity index (χ4v) is 3.09. The molecule has 0 fully saturated rings. The molecule has 3 rings (SSSR count). The van der Waals surface area contributed by atoms with Gasteiger partial charge < -0.3 is 19.3 Å². The van der Waals surface area contributed by atoms with E-state index in [1.54, 1.807) is 44.5 Å². The Balaban J connectivity index is 1.79. The number of rotatable bonds is 10. The summed E-state index contributed by atoms with van der Waals surface area (Å²) in [7, 11) is 1.58. The van der Waals surface area contributed by atoms with Crippen molar-refractivity contribution in [2.45, 2.75) is 26.1 Å². The van der Waals surface area contributed by atoms with E-state index >= 15 is 0 Å². The number of aldehydes is 1. The van der Waals surface area contributed by atoms with Crippen LogP contribution in [-0.4, -0.2) is 47.2 Å². The van der Waals surface area contributed by atoms with Gasteiger partial charge in [0.15, 0.2) is 11.9 Å². The zero-order valence-corrected chi connectivity index (χ0v) is 17.9. The van der Waals surface area contributed by atoms with E-state index < -0.39 is 12.1 Å². The Morgan fingerprint density at radius 1 is 1.16 bits per heavy atom. The number of carbonyl (C=O) groups is 2. The zero-order chi connectivity index (χ0) is 22.9. The predicted molar refractivity (Wildman–Crippen MR) is 117 cm³/mol. The fourth-order valence-electron chi connectivity index (χ4n) is 3.09. The lowest BCUT2D eigenvalue weighted by Gasteiger charge is -2.15. The van der Waals surface area contributed by atoms with Gasteiger partial charge >= 0.3 is 5.97 Å². The number of aromatic nitrogens is 2. The van der Waals surface area contributed by atoms with Crippen LogP contribution >= 0.6 is 0 Å². The third kappa shape index (κ3) is 5.67. The van der Waals surface area contributed by atoms with Crippen molar-refractivity contribution in [2.75, 3.05) is 13.7 Å². The average Bonchev–Trinajstić information content (AvgIpc) is 2.83. The third-order valence-corrected chi connectivity index (χ3v) is 4.63. The highest BCUT2D eigenvalue weighted by molar-refractivity contribution is 5.77. The van der Waals surface area contributed by atoms with E-state index in [-0.39, 0.29) is 19.6 Å². The Bertz CT molecular complexity index is 1090. The van der Waals surface area contributed by atoms with Crippen molar-refractivity contribution in [1.29, 1.82) is 0 Å². The van der Waals surface area contributed by atoms with Crippen LogP contribution in [0.1, 0.15) is 28.5 Å². The Kier molecular flexibility index (Phi) is 7.88. The first kappa shape index (κ1) is 22.9. The zero-order valence-electron chi connectivity index (χ0n) is 17.9. The van der Waals surface area contributed by atoms with Gasteiger partial charge in [-0.1, -0.05) is 12.1 Å². The second-order valence-electron chi connectivity index (χ2n) is 6.82. The summed E-state index contributed by atoms with van der Waals surface area (Å²) in [6.07, 6.45) is 0.907. The van der Waals surface area contributed by atoms with Gasteiger partial charge in [-0.2, -0.15) is 0 Å². The maximum Gasteiger partial charge on any atom is 0.335 e. The molecular formula is C24H24N2O6. The number of para-hydroxylation sites is 1. The van der Waals surface area contributed by atoms with Crippen LogP contribution in [0.3, 0.4) is 0 Å². The minimum absolute atomic E-state index is 0.0495. The Labute approximate surface area is 185 Å². The maximum absolute atomic E-state index is 11.8. The molecule has 166 valence electrons. The summed E-state index contributed by atoms with van der Waals surface area (Å²) in [6, 6.07) is 14.0. The fraction of sp³-hybridized carbons (Fsp3) is 0.250. The van der Waals surface area contributed by atoms with Gasteiger partial charge in [-0.3, -0.25) is 4.79 Å². The molecule has 0 bridgehead atoms. The van der Waals surface area contributed by atoms with Crippen molar-refractivity contribution >= 4 is 12.3 Å². The van der Waals surface area contributed by atoms with Gasteiger partial charge in [0, 0.05) is 18.2 Å². The molecular weight excluding hydrogens is 412 g/mol. The molecule has 0 aliphatic heterocycles. The number of methoxy groups -OCH3 is 1. The molecule has 1 atom stereocenters. The minimum Gasteiger partial charge on any atom is -0.496 e. The summed E-state index contributed by atoms with van der Waals surface area (Å²) >= 11 is 0. The highest BCUT2D eigenvalue weighted by Gasteiger charge is 2.19. The summed E-state index contributed by atoms with van der Waals surface area (Å²) < 4.78 is 16.1. The van der Waals surface area contributed by atoms with E-state index in [1.165, 1.54) is 0 Å². The van der Waals surface area contributed by atoms with E-state index in [4.69, 9.17) is 14.2 Å². The van der Waals surface area contributed by atoms with Crippen molar-refractivity contribution in [3.63, 3.8) is 0 Å². The minimum atomic E-state index is -1.37. The summed E-state index contributed by atoms with van der Waals surface area (Å²) in [6.45, 7) is 1.94. The lowest BCUT2D eigenvalue weighted by molar-refractivity contribution is -0.152. The van der Waals surface area contributed by atoms with Crippen LogP contribution in [0.2, 0.25) is 0 Å². The Morgan fingerprint density at radius 3 is 2.72 bits per heavy atom. The predicted octanol–water partition coefficient (Wildman–Crippen LogP) is 3.01. The number of hydrogen-bond acceptors (Lipinski definition) is 8. The number of benzene rings is 2. The molecule has 0 radical (unpaired) electrons. The first-order valence-corrected chi connectivity index (χ1v) is 10.1. The quantitative estimate of drug-likeness (QED) is 0.382. The second kappa shape index (κ2) is 11.0. The van der Waals surface area contributed by atoms with Crippen LogP contribution in [0, 0.1) is 0 Å². The molecule has 3 aromatic rings. The first-order valence-electron chi connectivity index (χ1n) is 10.1. The summed E-state index contributed by atoms with van der Waals surface area (Å²) in [4.78, 5) is 31.8. The molecule has 32 heavy (non-hydrogen) atoms. The van der Waals surface area contributed by atoms with Gasteiger partial charge in [-0.25, -0.2) is 14.8 Å². The SMILES string of the molecule is CCOC(=O)C(O)Cc1cc(C=O)ccc1OCc1ccnc(-c2ccccc2OC)n1. The average molecular weight is 436 g/mol. The molecule has 0 saturated heterocycles.